The molecule has 4 rings (SSSR count). The van der Waals surface area contributed by atoms with Crippen LogP contribution in [0.3, 0.4) is 0 Å². The Labute approximate surface area is 137 Å². The van der Waals surface area contributed by atoms with Crippen LogP contribution in [0, 0.1) is 0 Å². The zero-order valence-electron chi connectivity index (χ0n) is 10.7. The van der Waals surface area contributed by atoms with Gasteiger partial charge >= 0.3 is 5.97 Å². The van der Waals surface area contributed by atoms with Crippen molar-refractivity contribution >= 4 is 56.4 Å². The molecule has 0 saturated heterocycles. The number of imidazole rings is 1. The van der Waals surface area contributed by atoms with Gasteiger partial charge in [-0.3, -0.25) is 4.40 Å². The molecule has 0 aliphatic heterocycles. The minimum Gasteiger partial charge on any atom is -0.476 e. The van der Waals surface area contributed by atoms with E-state index in [9.17, 15) is 4.79 Å². The molecule has 22 heavy (non-hydrogen) atoms. The number of nitrogens with zero attached hydrogens (tertiary/aromatic N) is 2. The van der Waals surface area contributed by atoms with Crippen molar-refractivity contribution in [2.45, 2.75) is 0 Å². The number of benzene rings is 1. The van der Waals surface area contributed by atoms with Gasteiger partial charge in [-0.2, -0.15) is 0 Å². The summed E-state index contributed by atoms with van der Waals surface area (Å²) >= 11 is 13.4. The summed E-state index contributed by atoms with van der Waals surface area (Å²) in [5.74, 6) is -0.499. The minimum atomic E-state index is -1.07. The van der Waals surface area contributed by atoms with Gasteiger partial charge in [0.25, 0.3) is 0 Å². The Kier molecular flexibility index (Phi) is 2.94. The predicted molar refractivity (Wildman–Crippen MR) is 85.3 cm³/mol. The Hall–Kier alpha value is -2.02. The summed E-state index contributed by atoms with van der Waals surface area (Å²) in [5.41, 5.74) is 1.24. The Morgan fingerprint density at radius 1 is 1.32 bits per heavy atom. The van der Waals surface area contributed by atoms with Crippen LogP contribution in [-0.2, 0) is 0 Å². The van der Waals surface area contributed by atoms with Crippen molar-refractivity contribution in [3.63, 3.8) is 0 Å². The number of aromatic carboxylic acids is 1. The van der Waals surface area contributed by atoms with E-state index in [0.29, 0.717) is 32.0 Å². The van der Waals surface area contributed by atoms with Crippen LogP contribution in [-0.4, -0.2) is 20.5 Å². The molecule has 3 aromatic heterocycles. The normalized spacial score (nSPS) is 11.5. The lowest BCUT2D eigenvalue weighted by molar-refractivity contribution is 0.0691. The highest BCUT2D eigenvalue weighted by molar-refractivity contribution is 7.15. The number of halogens is 2. The summed E-state index contributed by atoms with van der Waals surface area (Å²) in [6.07, 6.45) is 1.46. The third-order valence-corrected chi connectivity index (χ3v) is 4.56. The maximum atomic E-state index is 11.0. The summed E-state index contributed by atoms with van der Waals surface area (Å²) < 4.78 is 7.48. The standard InChI is InChI=1S/C14H6Cl2N2O3S/c15-7-1-6-2-11(21-12(6)8(16)3-7)10-5-22-14-17-9(13(19)20)4-18(10)14/h1-5H,(H,19,20). The van der Waals surface area contributed by atoms with Crippen molar-refractivity contribution in [2.24, 2.45) is 0 Å². The molecular formula is C14H6Cl2N2O3S. The molecule has 5 nitrogen and oxygen atoms in total. The molecule has 0 unspecified atom stereocenters. The average molecular weight is 353 g/mol. The van der Waals surface area contributed by atoms with E-state index >= 15 is 0 Å². The summed E-state index contributed by atoms with van der Waals surface area (Å²) in [5, 5.41) is 12.6. The number of carbonyl (C=O) groups is 1. The molecule has 0 radical (unpaired) electrons. The van der Waals surface area contributed by atoms with Crippen LogP contribution < -0.4 is 0 Å². The zero-order valence-corrected chi connectivity index (χ0v) is 13.0. The van der Waals surface area contributed by atoms with Gasteiger partial charge in [-0.05, 0) is 18.2 Å². The molecule has 0 amide bonds. The highest BCUT2D eigenvalue weighted by atomic mass is 35.5. The van der Waals surface area contributed by atoms with Crippen LogP contribution >= 0.6 is 34.5 Å². The number of rotatable bonds is 2. The SMILES string of the molecule is O=C(O)c1cn2c(-c3cc4cc(Cl)cc(Cl)c4o3)csc2n1. The first-order valence-corrected chi connectivity index (χ1v) is 7.75. The first kappa shape index (κ1) is 13.6. The van der Waals surface area contributed by atoms with Gasteiger partial charge in [0.1, 0.15) is 5.69 Å². The van der Waals surface area contributed by atoms with Crippen molar-refractivity contribution in [1.29, 1.82) is 0 Å². The molecule has 3 heterocycles. The lowest BCUT2D eigenvalue weighted by atomic mass is 10.2. The summed E-state index contributed by atoms with van der Waals surface area (Å²) in [6.45, 7) is 0. The van der Waals surface area contributed by atoms with Gasteiger partial charge in [-0.25, -0.2) is 9.78 Å². The molecule has 0 bridgehead atoms. The highest BCUT2D eigenvalue weighted by Gasteiger charge is 2.17. The molecule has 0 aliphatic rings. The van der Waals surface area contributed by atoms with Gasteiger partial charge in [0, 0.05) is 22.0 Å². The number of fused-ring (bicyclic) bond motifs is 2. The molecule has 0 aliphatic carbocycles. The van der Waals surface area contributed by atoms with Gasteiger partial charge in [0.15, 0.2) is 22.0 Å². The number of carboxylic acid groups (broad SMARTS) is 1. The second-order valence-corrected chi connectivity index (χ2v) is 6.30. The fourth-order valence-electron chi connectivity index (χ4n) is 2.27. The van der Waals surface area contributed by atoms with E-state index in [1.54, 1.807) is 16.5 Å². The lowest BCUT2D eigenvalue weighted by Crippen LogP contribution is -1.95. The lowest BCUT2D eigenvalue weighted by Gasteiger charge is -1.94. The van der Waals surface area contributed by atoms with Crippen molar-refractivity contribution in [2.75, 3.05) is 0 Å². The molecule has 110 valence electrons. The zero-order chi connectivity index (χ0) is 15.4. The molecule has 0 atom stereocenters. The topological polar surface area (TPSA) is 67.7 Å². The van der Waals surface area contributed by atoms with Crippen LogP contribution in [0.15, 0.2) is 34.2 Å². The van der Waals surface area contributed by atoms with Crippen molar-refractivity contribution in [3.8, 4) is 11.5 Å². The van der Waals surface area contributed by atoms with E-state index < -0.39 is 5.97 Å². The van der Waals surface area contributed by atoms with Crippen LogP contribution in [0.5, 0.6) is 0 Å². The van der Waals surface area contributed by atoms with Crippen molar-refractivity contribution in [1.82, 2.24) is 9.38 Å². The van der Waals surface area contributed by atoms with Crippen molar-refractivity contribution < 1.29 is 14.3 Å². The van der Waals surface area contributed by atoms with Crippen molar-refractivity contribution in [3.05, 3.63) is 45.5 Å². The monoisotopic (exact) mass is 352 g/mol. The fourth-order valence-corrected chi connectivity index (χ4v) is 3.68. The highest BCUT2D eigenvalue weighted by Crippen LogP contribution is 2.35. The largest absolute Gasteiger partial charge is 0.476 e. The molecule has 1 aromatic carbocycles. The summed E-state index contributed by atoms with van der Waals surface area (Å²) in [6, 6.07) is 5.19. The maximum Gasteiger partial charge on any atom is 0.356 e. The van der Waals surface area contributed by atoms with E-state index in [-0.39, 0.29) is 5.69 Å². The van der Waals surface area contributed by atoms with Crippen LogP contribution in [0.2, 0.25) is 10.0 Å². The number of carboxylic acids is 1. The summed E-state index contributed by atoms with van der Waals surface area (Å²) in [4.78, 5) is 15.6. The fraction of sp³-hybridized carbons (Fsp3) is 0. The van der Waals surface area contributed by atoms with E-state index in [0.717, 1.165) is 5.39 Å². The molecule has 8 heteroatoms. The minimum absolute atomic E-state index is 0.00899. The third-order valence-electron chi connectivity index (χ3n) is 3.22. The first-order chi connectivity index (χ1) is 10.5. The smallest absolute Gasteiger partial charge is 0.356 e. The second kappa shape index (κ2) is 4.74. The molecule has 0 spiro atoms. The molecule has 0 fully saturated rings. The molecular weight excluding hydrogens is 347 g/mol. The first-order valence-electron chi connectivity index (χ1n) is 6.12. The second-order valence-electron chi connectivity index (χ2n) is 4.62. The van der Waals surface area contributed by atoms with E-state index in [1.165, 1.54) is 17.5 Å². The average Bonchev–Trinajstić information content (AvgIpc) is 3.09. The maximum absolute atomic E-state index is 11.0. The quantitative estimate of drug-likeness (QED) is 0.561. The van der Waals surface area contributed by atoms with E-state index in [4.69, 9.17) is 32.7 Å². The molecule has 1 N–H and O–H groups in total. The molecule has 4 aromatic rings. The van der Waals surface area contributed by atoms with Gasteiger partial charge < -0.3 is 9.52 Å². The molecule has 0 saturated carbocycles. The number of hydrogen-bond acceptors (Lipinski definition) is 4. The predicted octanol–water partition coefficient (Wildman–Crippen LogP) is 4.81. The van der Waals surface area contributed by atoms with Gasteiger partial charge in [0.2, 0.25) is 0 Å². The van der Waals surface area contributed by atoms with Crippen LogP contribution in [0.4, 0.5) is 0 Å². The van der Waals surface area contributed by atoms with Crippen LogP contribution in [0.25, 0.3) is 27.4 Å². The van der Waals surface area contributed by atoms with E-state index in [1.807, 2.05) is 11.4 Å². The Balaban J connectivity index is 1.94. The summed E-state index contributed by atoms with van der Waals surface area (Å²) in [7, 11) is 0. The van der Waals surface area contributed by atoms with Gasteiger partial charge in [-0.15, -0.1) is 11.3 Å². The van der Waals surface area contributed by atoms with Gasteiger partial charge in [0.05, 0.1) is 5.02 Å². The Bertz CT molecular complexity index is 1050. The number of furan rings is 1. The Morgan fingerprint density at radius 2 is 2.14 bits per heavy atom. The number of hydrogen-bond donors (Lipinski definition) is 1. The van der Waals surface area contributed by atoms with E-state index in [2.05, 4.69) is 4.98 Å². The number of thiazole rings is 1. The van der Waals surface area contributed by atoms with Gasteiger partial charge in [-0.1, -0.05) is 23.2 Å². The Morgan fingerprint density at radius 3 is 2.91 bits per heavy atom. The van der Waals surface area contributed by atoms with Crippen LogP contribution in [0.1, 0.15) is 10.5 Å². The third kappa shape index (κ3) is 1.99. The number of aromatic nitrogens is 2.